The highest BCUT2D eigenvalue weighted by atomic mass is 35.5. The molecule has 4 aromatic rings. The van der Waals surface area contributed by atoms with Crippen molar-refractivity contribution < 1.29 is 27.9 Å². The van der Waals surface area contributed by atoms with Gasteiger partial charge in [0.2, 0.25) is 0 Å². The van der Waals surface area contributed by atoms with Gasteiger partial charge in [-0.05, 0) is 88.2 Å². The minimum atomic E-state index is -2.07. The van der Waals surface area contributed by atoms with Gasteiger partial charge in [0, 0.05) is 41.6 Å². The predicted octanol–water partition coefficient (Wildman–Crippen LogP) is 11.1. The Hall–Kier alpha value is -3.95. The van der Waals surface area contributed by atoms with E-state index in [9.17, 15) is 14.9 Å². The van der Waals surface area contributed by atoms with E-state index in [1.165, 1.54) is 0 Å². The Balaban J connectivity index is 1.59. The van der Waals surface area contributed by atoms with Crippen molar-refractivity contribution in [2.75, 3.05) is 25.1 Å². The lowest BCUT2D eigenvalue weighted by molar-refractivity contribution is 0.00623. The van der Waals surface area contributed by atoms with Crippen LogP contribution in [0.5, 0.6) is 0 Å². The third-order valence-electron chi connectivity index (χ3n) is 10.3. The van der Waals surface area contributed by atoms with Crippen LogP contribution in [0.15, 0.2) is 42.5 Å². The zero-order chi connectivity index (χ0) is 39.7. The van der Waals surface area contributed by atoms with Gasteiger partial charge in [0.25, 0.3) is 0 Å². The number of fused-ring (bicyclic) bond motifs is 2. The normalized spacial score (nSPS) is 16.7. The molecule has 54 heavy (non-hydrogen) atoms. The van der Waals surface area contributed by atoms with Crippen molar-refractivity contribution in [3.8, 4) is 17.2 Å². The Morgan fingerprint density at radius 3 is 2.43 bits per heavy atom. The highest BCUT2D eigenvalue weighted by Crippen LogP contribution is 2.44. The SMILES string of the molecule is CCOC(=O)c1c(Cl)nc2c(F)c(-c3cccc4cccc(C#N)c34)c(Cl)cc2c1N[C@H]1CCN(C(=O)OC(C)(C)C)[C@H](CCO[Si](C)(C)C(C)(C)C)C1. The second-order valence-electron chi connectivity index (χ2n) is 16.2. The standard InChI is InChI=1S/C41H49Cl2FN4O5Si/c1-10-51-38(49)33-35(46-26-17-19-48(39(50)53-40(2,3)4)27(21-26)18-20-52-54(8,9)41(5,6)7)29-22-30(42)32(34(44)36(29)47-37(33)43)28-16-12-14-24-13-11-15-25(23-45)31(24)28/h11-16,22,26-27H,10,17-21H2,1-9H3,(H,46,47)/t26-,27+/m0/s1. The Kier molecular flexibility index (Phi) is 12.2. The molecule has 0 radical (unpaired) electrons. The average molecular weight is 796 g/mol. The van der Waals surface area contributed by atoms with Gasteiger partial charge >= 0.3 is 12.1 Å². The molecule has 1 fully saturated rings. The molecule has 1 amide bonds. The van der Waals surface area contributed by atoms with Crippen LogP contribution in [0.25, 0.3) is 32.8 Å². The third kappa shape index (κ3) is 8.62. The summed E-state index contributed by atoms with van der Waals surface area (Å²) in [4.78, 5) is 33.1. The summed E-state index contributed by atoms with van der Waals surface area (Å²) in [6.07, 6.45) is 1.12. The molecule has 0 spiro atoms. The Morgan fingerprint density at radius 1 is 1.11 bits per heavy atom. The molecule has 0 bridgehead atoms. The summed E-state index contributed by atoms with van der Waals surface area (Å²) >= 11 is 13.7. The fourth-order valence-corrected chi connectivity index (χ4v) is 8.23. The maximum atomic E-state index is 17.0. The van der Waals surface area contributed by atoms with Gasteiger partial charge < -0.3 is 24.1 Å². The first kappa shape index (κ1) is 41.2. The molecule has 9 nitrogen and oxygen atoms in total. The summed E-state index contributed by atoms with van der Waals surface area (Å²) in [6, 6.07) is 13.8. The zero-order valence-electron chi connectivity index (χ0n) is 32.5. The monoisotopic (exact) mass is 794 g/mol. The molecular formula is C41H49Cl2FN4O5Si. The number of nitriles is 1. The summed E-state index contributed by atoms with van der Waals surface area (Å²) in [5.41, 5.74) is 0.257. The molecule has 3 aromatic carbocycles. The molecule has 5 rings (SSSR count). The summed E-state index contributed by atoms with van der Waals surface area (Å²) in [6.45, 7) is 19.0. The van der Waals surface area contributed by atoms with Crippen molar-refractivity contribution in [2.45, 2.75) is 104 Å². The van der Waals surface area contributed by atoms with E-state index in [4.69, 9.17) is 37.1 Å². The van der Waals surface area contributed by atoms with E-state index in [1.54, 1.807) is 42.2 Å². The fraction of sp³-hybridized carbons (Fsp3) is 0.463. The number of carbonyl (C=O) groups is 2. The molecule has 2 heterocycles. The van der Waals surface area contributed by atoms with E-state index in [0.717, 1.165) is 5.39 Å². The first-order valence-corrected chi connectivity index (χ1v) is 21.9. The minimum Gasteiger partial charge on any atom is -0.462 e. The molecule has 0 aliphatic carbocycles. The van der Waals surface area contributed by atoms with Gasteiger partial charge in [-0.25, -0.2) is 19.0 Å². The van der Waals surface area contributed by atoms with Crippen LogP contribution >= 0.6 is 23.2 Å². The summed E-state index contributed by atoms with van der Waals surface area (Å²) < 4.78 is 34.7. The molecule has 0 saturated carbocycles. The zero-order valence-corrected chi connectivity index (χ0v) is 35.0. The van der Waals surface area contributed by atoms with Gasteiger partial charge in [0.05, 0.1) is 28.9 Å². The van der Waals surface area contributed by atoms with Crippen molar-refractivity contribution in [3.05, 3.63) is 69.6 Å². The molecule has 0 unspecified atom stereocenters. The number of benzene rings is 3. The number of ether oxygens (including phenoxy) is 2. The lowest BCUT2D eigenvalue weighted by Gasteiger charge is -2.42. The van der Waals surface area contributed by atoms with Gasteiger partial charge in [-0.2, -0.15) is 5.26 Å². The maximum Gasteiger partial charge on any atom is 0.410 e. The van der Waals surface area contributed by atoms with Crippen molar-refractivity contribution in [3.63, 3.8) is 0 Å². The molecule has 2 atom stereocenters. The average Bonchev–Trinajstić information content (AvgIpc) is 3.07. The number of halogens is 3. The number of hydrogen-bond acceptors (Lipinski definition) is 8. The smallest absolute Gasteiger partial charge is 0.410 e. The first-order chi connectivity index (χ1) is 25.3. The van der Waals surface area contributed by atoms with E-state index >= 15 is 4.39 Å². The number of anilines is 1. The summed E-state index contributed by atoms with van der Waals surface area (Å²) in [5, 5.41) is 14.8. The van der Waals surface area contributed by atoms with Crippen LogP contribution < -0.4 is 5.32 Å². The van der Waals surface area contributed by atoms with E-state index in [1.807, 2.05) is 32.9 Å². The van der Waals surface area contributed by atoms with Gasteiger partial charge in [0.15, 0.2) is 14.1 Å². The Morgan fingerprint density at radius 2 is 1.80 bits per heavy atom. The summed E-state index contributed by atoms with van der Waals surface area (Å²) in [7, 11) is -2.07. The number of nitrogens with one attached hydrogen (secondary N) is 1. The largest absolute Gasteiger partial charge is 0.462 e. The third-order valence-corrected chi connectivity index (χ3v) is 15.4. The maximum absolute atomic E-state index is 17.0. The minimum absolute atomic E-state index is 0.0156. The van der Waals surface area contributed by atoms with E-state index in [-0.39, 0.29) is 61.6 Å². The number of likely N-dealkylation sites (tertiary alicyclic amines) is 1. The van der Waals surface area contributed by atoms with Gasteiger partial charge in [-0.15, -0.1) is 0 Å². The molecule has 288 valence electrons. The van der Waals surface area contributed by atoms with Gasteiger partial charge in [-0.1, -0.05) is 74.3 Å². The number of aromatic nitrogens is 1. The van der Waals surface area contributed by atoms with E-state index in [2.05, 4.69) is 50.2 Å². The Bertz CT molecular complexity index is 2120. The van der Waals surface area contributed by atoms with Crippen LogP contribution in [-0.4, -0.2) is 67.7 Å². The second kappa shape index (κ2) is 16.0. The molecule has 13 heteroatoms. The number of nitrogens with zero attached hydrogens (tertiary/aromatic N) is 3. The molecule has 1 N–H and O–H groups in total. The van der Waals surface area contributed by atoms with Crippen LogP contribution in [0.1, 0.15) is 83.7 Å². The number of amides is 1. The predicted molar refractivity (Wildman–Crippen MR) is 216 cm³/mol. The molecule has 1 saturated heterocycles. The second-order valence-corrected chi connectivity index (χ2v) is 21.8. The number of pyridine rings is 1. The van der Waals surface area contributed by atoms with Crippen LogP contribution in [0, 0.1) is 17.1 Å². The van der Waals surface area contributed by atoms with Crippen molar-refractivity contribution >= 4 is 70.9 Å². The van der Waals surface area contributed by atoms with Crippen LogP contribution in [-0.2, 0) is 13.9 Å². The number of rotatable bonds is 9. The lowest BCUT2D eigenvalue weighted by atomic mass is 9.92. The van der Waals surface area contributed by atoms with Crippen LogP contribution in [0.2, 0.25) is 28.3 Å². The van der Waals surface area contributed by atoms with Crippen LogP contribution in [0.4, 0.5) is 14.9 Å². The molecular weight excluding hydrogens is 746 g/mol. The molecule has 1 aliphatic rings. The fourth-order valence-electron chi connectivity index (χ4n) is 6.62. The number of hydrogen-bond donors (Lipinski definition) is 1. The quantitative estimate of drug-likeness (QED) is 0.101. The van der Waals surface area contributed by atoms with Crippen molar-refractivity contribution in [1.29, 1.82) is 5.26 Å². The highest BCUT2D eigenvalue weighted by Gasteiger charge is 2.39. The van der Waals surface area contributed by atoms with Gasteiger partial charge in [-0.3, -0.25) is 0 Å². The van der Waals surface area contributed by atoms with Crippen molar-refractivity contribution in [2.24, 2.45) is 0 Å². The van der Waals surface area contributed by atoms with Gasteiger partial charge in [0.1, 0.15) is 21.8 Å². The number of piperidine rings is 1. The Labute approximate surface area is 328 Å². The topological polar surface area (TPSA) is 114 Å². The molecule has 1 aliphatic heterocycles. The van der Waals surface area contributed by atoms with Crippen molar-refractivity contribution in [1.82, 2.24) is 9.88 Å². The first-order valence-electron chi connectivity index (χ1n) is 18.3. The summed E-state index contributed by atoms with van der Waals surface area (Å²) in [5.74, 6) is -1.48. The van der Waals surface area contributed by atoms with Crippen LogP contribution in [0.3, 0.4) is 0 Å². The van der Waals surface area contributed by atoms with E-state index in [0.29, 0.717) is 48.9 Å². The lowest BCUT2D eigenvalue weighted by Crippen LogP contribution is -2.51. The highest BCUT2D eigenvalue weighted by molar-refractivity contribution is 6.74. The molecule has 1 aromatic heterocycles. The number of carbonyl (C=O) groups excluding carboxylic acids is 2. The van der Waals surface area contributed by atoms with E-state index < -0.39 is 31.8 Å². The number of esters is 1.